The first-order chi connectivity index (χ1) is 4.20. The van der Waals surface area contributed by atoms with Crippen molar-refractivity contribution in [2.24, 2.45) is 5.73 Å². The van der Waals surface area contributed by atoms with Gasteiger partial charge in [0.2, 0.25) is 0 Å². The summed E-state index contributed by atoms with van der Waals surface area (Å²) in [7, 11) is 0. The summed E-state index contributed by atoms with van der Waals surface area (Å²) in [6, 6.07) is 0. The van der Waals surface area contributed by atoms with Crippen LogP contribution in [0.1, 0.15) is 6.42 Å². The molecule has 2 N–H and O–H groups in total. The molecule has 1 aliphatic rings. The van der Waals surface area contributed by atoms with Crippen molar-refractivity contribution in [3.8, 4) is 0 Å². The van der Waals surface area contributed by atoms with E-state index >= 15 is 0 Å². The molecule has 0 aromatic heterocycles. The zero-order chi connectivity index (χ0) is 6.85. The lowest BCUT2D eigenvalue weighted by Gasteiger charge is -2.09. The molecule has 9 heavy (non-hydrogen) atoms. The van der Waals surface area contributed by atoms with Crippen LogP contribution in [-0.4, -0.2) is 6.17 Å². The van der Waals surface area contributed by atoms with Crippen molar-refractivity contribution >= 4 is 12.6 Å². The first-order valence-electron chi connectivity index (χ1n) is 2.70. The summed E-state index contributed by atoms with van der Waals surface area (Å²) in [4.78, 5) is 0.684. The Kier molecular flexibility index (Phi) is 1.81. The number of thiol groups is 1. The van der Waals surface area contributed by atoms with Crippen molar-refractivity contribution in [3.05, 3.63) is 22.8 Å². The van der Waals surface area contributed by atoms with Crippen LogP contribution < -0.4 is 5.73 Å². The molecule has 1 atom stereocenters. The number of alkyl halides is 1. The number of halogens is 1. The van der Waals surface area contributed by atoms with Gasteiger partial charge in [-0.15, -0.1) is 12.6 Å². The molecule has 0 bridgehead atoms. The van der Waals surface area contributed by atoms with Gasteiger partial charge in [-0.1, -0.05) is 0 Å². The molecule has 0 saturated heterocycles. The first kappa shape index (κ1) is 6.68. The summed E-state index contributed by atoms with van der Waals surface area (Å²) in [6.07, 6.45) is 2.42. The third kappa shape index (κ3) is 1.48. The molecule has 0 spiro atoms. The molecule has 3 heteroatoms. The molecule has 0 amide bonds. The van der Waals surface area contributed by atoms with Crippen LogP contribution in [-0.2, 0) is 0 Å². The van der Waals surface area contributed by atoms with Crippen LogP contribution in [0, 0.1) is 0 Å². The van der Waals surface area contributed by atoms with E-state index in [0.717, 1.165) is 0 Å². The van der Waals surface area contributed by atoms with E-state index in [1.807, 2.05) is 0 Å². The Hall–Kier alpha value is -0.440. The predicted molar refractivity (Wildman–Crippen MR) is 38.9 cm³/mol. The maximum Gasteiger partial charge on any atom is 0.124 e. The largest absolute Gasteiger partial charge is 0.401 e. The number of hydrogen-bond donors (Lipinski definition) is 2. The van der Waals surface area contributed by atoms with Crippen LogP contribution in [0.25, 0.3) is 0 Å². The maximum atomic E-state index is 12.4. The van der Waals surface area contributed by atoms with E-state index in [-0.39, 0.29) is 6.42 Å². The number of hydrogen-bond acceptors (Lipinski definition) is 2. The van der Waals surface area contributed by atoms with Crippen LogP contribution in [0.15, 0.2) is 22.8 Å². The quantitative estimate of drug-likeness (QED) is 0.495. The molecule has 0 radical (unpaired) electrons. The smallest absolute Gasteiger partial charge is 0.124 e. The molecule has 50 valence electrons. The number of allylic oxidation sites excluding steroid dienone is 3. The average molecular weight is 145 g/mol. The van der Waals surface area contributed by atoms with E-state index in [0.29, 0.717) is 10.6 Å². The highest BCUT2D eigenvalue weighted by Gasteiger charge is 2.09. The van der Waals surface area contributed by atoms with Crippen LogP contribution >= 0.6 is 12.6 Å². The van der Waals surface area contributed by atoms with Crippen molar-refractivity contribution in [2.45, 2.75) is 12.6 Å². The third-order valence-electron chi connectivity index (χ3n) is 1.21. The number of nitrogens with two attached hydrogens (primary N) is 1. The van der Waals surface area contributed by atoms with E-state index in [4.69, 9.17) is 5.73 Å². The van der Waals surface area contributed by atoms with E-state index in [9.17, 15) is 4.39 Å². The molecule has 0 aromatic rings. The van der Waals surface area contributed by atoms with Gasteiger partial charge in [0.15, 0.2) is 0 Å². The van der Waals surface area contributed by atoms with E-state index in [1.54, 1.807) is 6.08 Å². The fourth-order valence-electron chi connectivity index (χ4n) is 0.685. The van der Waals surface area contributed by atoms with Gasteiger partial charge in [-0.3, -0.25) is 0 Å². The Morgan fingerprint density at radius 3 is 2.89 bits per heavy atom. The van der Waals surface area contributed by atoms with Gasteiger partial charge in [0.05, 0.1) is 0 Å². The van der Waals surface area contributed by atoms with Gasteiger partial charge in [-0.05, 0) is 12.2 Å². The van der Waals surface area contributed by atoms with Gasteiger partial charge in [0.25, 0.3) is 0 Å². The molecule has 1 rings (SSSR count). The van der Waals surface area contributed by atoms with Gasteiger partial charge in [0.1, 0.15) is 6.17 Å². The lowest BCUT2D eigenvalue weighted by atomic mass is 10.1. The summed E-state index contributed by atoms with van der Waals surface area (Å²) >= 11 is 4.00. The minimum atomic E-state index is -0.916. The maximum absolute atomic E-state index is 12.4. The summed E-state index contributed by atoms with van der Waals surface area (Å²) in [5, 5.41) is 0. The number of rotatable bonds is 0. The lowest BCUT2D eigenvalue weighted by Crippen LogP contribution is -2.09. The van der Waals surface area contributed by atoms with Crippen molar-refractivity contribution in [3.63, 3.8) is 0 Å². The average Bonchev–Trinajstić information content (AvgIpc) is 1.80. The fraction of sp³-hybridized carbons (Fsp3) is 0.333. The lowest BCUT2D eigenvalue weighted by molar-refractivity contribution is 0.393. The minimum absolute atomic E-state index is 0.287. The van der Waals surface area contributed by atoms with Crippen LogP contribution in [0.2, 0.25) is 0 Å². The molecule has 1 unspecified atom stereocenters. The second-order valence-electron chi connectivity index (χ2n) is 1.99. The Balaban J connectivity index is 2.75. The van der Waals surface area contributed by atoms with Gasteiger partial charge in [-0.2, -0.15) is 0 Å². The highest BCUT2D eigenvalue weighted by molar-refractivity contribution is 7.84. The van der Waals surface area contributed by atoms with E-state index in [2.05, 4.69) is 12.6 Å². The molecule has 0 aromatic carbocycles. The molecular formula is C6H8FNS. The van der Waals surface area contributed by atoms with Crippen LogP contribution in [0.5, 0.6) is 0 Å². The van der Waals surface area contributed by atoms with E-state index < -0.39 is 6.17 Å². The molecular weight excluding hydrogens is 137 g/mol. The Labute approximate surface area is 58.8 Å². The van der Waals surface area contributed by atoms with Crippen molar-refractivity contribution in [2.75, 3.05) is 0 Å². The SMILES string of the molecule is NC1=C(S)C=CC(F)C1. The topological polar surface area (TPSA) is 26.0 Å². The molecule has 0 saturated carbocycles. The molecule has 0 heterocycles. The monoisotopic (exact) mass is 145 g/mol. The molecule has 0 fully saturated rings. The van der Waals surface area contributed by atoms with Gasteiger partial charge in [0, 0.05) is 17.0 Å². The van der Waals surface area contributed by atoms with Gasteiger partial charge < -0.3 is 5.73 Å². The summed E-state index contributed by atoms with van der Waals surface area (Å²) < 4.78 is 12.4. The van der Waals surface area contributed by atoms with Crippen molar-refractivity contribution < 1.29 is 4.39 Å². The minimum Gasteiger partial charge on any atom is -0.401 e. The van der Waals surface area contributed by atoms with Crippen LogP contribution in [0.3, 0.4) is 0 Å². The normalized spacial score (nSPS) is 27.1. The first-order valence-corrected chi connectivity index (χ1v) is 3.14. The molecule has 1 nitrogen and oxygen atoms in total. The van der Waals surface area contributed by atoms with Crippen LogP contribution in [0.4, 0.5) is 4.39 Å². The third-order valence-corrected chi connectivity index (χ3v) is 1.64. The predicted octanol–water partition coefficient (Wildman–Crippen LogP) is 1.38. The standard InChI is InChI=1S/C6H8FNS/c7-4-1-2-6(9)5(8)3-4/h1-2,4,9H,3,8H2. The second-order valence-corrected chi connectivity index (χ2v) is 2.47. The second kappa shape index (κ2) is 2.43. The van der Waals surface area contributed by atoms with Gasteiger partial charge >= 0.3 is 0 Å². The zero-order valence-corrected chi connectivity index (χ0v) is 5.74. The summed E-state index contributed by atoms with van der Waals surface area (Å²) in [5.41, 5.74) is 5.92. The Morgan fingerprint density at radius 1 is 1.78 bits per heavy atom. The Morgan fingerprint density at radius 2 is 2.44 bits per heavy atom. The highest BCUT2D eigenvalue weighted by Crippen LogP contribution is 2.19. The molecule has 0 aliphatic heterocycles. The van der Waals surface area contributed by atoms with Crippen molar-refractivity contribution in [1.29, 1.82) is 0 Å². The fourth-order valence-corrected chi connectivity index (χ4v) is 0.863. The van der Waals surface area contributed by atoms with Gasteiger partial charge in [-0.25, -0.2) is 4.39 Å². The summed E-state index contributed by atoms with van der Waals surface area (Å²) in [6.45, 7) is 0. The Bertz CT molecular complexity index is 174. The van der Waals surface area contributed by atoms with E-state index in [1.165, 1.54) is 6.08 Å². The zero-order valence-electron chi connectivity index (χ0n) is 4.84. The van der Waals surface area contributed by atoms with Crippen molar-refractivity contribution in [1.82, 2.24) is 0 Å². The summed E-state index contributed by atoms with van der Waals surface area (Å²) in [5.74, 6) is 0. The molecule has 1 aliphatic carbocycles. The highest BCUT2D eigenvalue weighted by atomic mass is 32.1.